The van der Waals surface area contributed by atoms with Crippen molar-refractivity contribution in [2.45, 2.75) is 13.3 Å². The van der Waals surface area contributed by atoms with Crippen LogP contribution in [0.2, 0.25) is 0 Å². The van der Waals surface area contributed by atoms with Gasteiger partial charge in [0.25, 0.3) is 0 Å². The van der Waals surface area contributed by atoms with Crippen LogP contribution in [0.4, 0.5) is 12.9 Å². The zero-order chi connectivity index (χ0) is 10.1. The van der Waals surface area contributed by atoms with Gasteiger partial charge < -0.3 is 17.8 Å². The minimum absolute atomic E-state index is 0. The van der Waals surface area contributed by atoms with E-state index in [4.69, 9.17) is 0 Å². The van der Waals surface area contributed by atoms with Gasteiger partial charge in [-0.25, -0.2) is 0 Å². The third-order valence-electron chi connectivity index (χ3n) is 2.40. The normalized spacial score (nSPS) is 23.3. The summed E-state index contributed by atoms with van der Waals surface area (Å²) in [5.41, 5.74) is -0.575. The predicted molar refractivity (Wildman–Crippen MR) is 48.4 cm³/mol. The fourth-order valence-corrected chi connectivity index (χ4v) is 1.56. The van der Waals surface area contributed by atoms with Gasteiger partial charge >= 0.3 is 58.4 Å². The van der Waals surface area contributed by atoms with Crippen LogP contribution in [0.25, 0.3) is 0 Å². The van der Waals surface area contributed by atoms with E-state index in [0.29, 0.717) is 5.92 Å². The van der Waals surface area contributed by atoms with Gasteiger partial charge in [0.15, 0.2) is 0 Å². The van der Waals surface area contributed by atoms with Gasteiger partial charge in [-0.15, -0.1) is 12.1 Å². The Morgan fingerprint density at radius 3 is 2.43 bits per heavy atom. The molecule has 1 nitrogen and oxygen atoms in total. The van der Waals surface area contributed by atoms with Crippen molar-refractivity contribution in [2.75, 3.05) is 19.6 Å². The van der Waals surface area contributed by atoms with Crippen molar-refractivity contribution >= 4 is 6.98 Å². The summed E-state index contributed by atoms with van der Waals surface area (Å²) in [6, 6.07) is 0. The smallest absolute Gasteiger partial charge is 0.445 e. The summed E-state index contributed by atoms with van der Waals surface area (Å²) < 4.78 is 36.4. The van der Waals surface area contributed by atoms with Crippen molar-refractivity contribution in [1.82, 2.24) is 4.90 Å². The molecule has 0 aliphatic carbocycles. The number of hydrogen-bond acceptors (Lipinski definition) is 1. The van der Waals surface area contributed by atoms with E-state index in [-0.39, 0.29) is 57.9 Å². The average Bonchev–Trinajstić information content (AvgIpc) is 2.33. The van der Waals surface area contributed by atoms with Gasteiger partial charge in [-0.1, -0.05) is 6.92 Å². The van der Waals surface area contributed by atoms with Crippen LogP contribution in [0.15, 0.2) is 12.1 Å². The minimum Gasteiger partial charge on any atom is -0.445 e. The fraction of sp³-hybridized carbons (Fsp3) is 0.750. The summed E-state index contributed by atoms with van der Waals surface area (Å²) in [7, 11) is 0. The standard InChI is InChI=1S/C8H14BF3N.K/c1-7-3-4-13(5-7)6-8(2)9(10,11)12;/h7H,2-6H2,1H3;/q-1;+1. The molecule has 0 saturated carbocycles. The molecule has 0 aromatic heterocycles. The van der Waals surface area contributed by atoms with Gasteiger partial charge in [0.2, 0.25) is 0 Å². The largest absolute Gasteiger partial charge is 1.00 e. The van der Waals surface area contributed by atoms with Crippen molar-refractivity contribution in [2.24, 2.45) is 5.92 Å². The van der Waals surface area contributed by atoms with E-state index in [0.717, 1.165) is 19.5 Å². The molecule has 76 valence electrons. The maximum absolute atomic E-state index is 12.1. The number of hydrogen-bond donors (Lipinski definition) is 0. The molecule has 0 radical (unpaired) electrons. The Morgan fingerprint density at radius 2 is 2.07 bits per heavy atom. The van der Waals surface area contributed by atoms with Crippen LogP contribution in [0.3, 0.4) is 0 Å². The molecule has 6 heteroatoms. The summed E-state index contributed by atoms with van der Waals surface area (Å²) in [5.74, 6) is 0.522. The fourth-order valence-electron chi connectivity index (χ4n) is 1.56. The van der Waals surface area contributed by atoms with Gasteiger partial charge in [-0.3, -0.25) is 0 Å². The third kappa shape index (κ3) is 4.81. The van der Waals surface area contributed by atoms with E-state index < -0.39 is 12.4 Å². The predicted octanol–water partition coefficient (Wildman–Crippen LogP) is -0.725. The van der Waals surface area contributed by atoms with Crippen LogP contribution in [0.1, 0.15) is 13.3 Å². The molecule has 1 fully saturated rings. The molecule has 0 spiro atoms. The molecule has 0 amide bonds. The monoisotopic (exact) mass is 231 g/mol. The van der Waals surface area contributed by atoms with E-state index in [1.165, 1.54) is 0 Å². The molecule has 1 heterocycles. The van der Waals surface area contributed by atoms with E-state index >= 15 is 0 Å². The molecule has 0 aromatic rings. The minimum atomic E-state index is -4.84. The first kappa shape index (κ1) is 15.2. The first-order valence-electron chi connectivity index (χ1n) is 4.49. The summed E-state index contributed by atoms with van der Waals surface area (Å²) >= 11 is 0. The van der Waals surface area contributed by atoms with Gasteiger partial charge in [-0.05, 0) is 25.4 Å². The molecule has 1 rings (SSSR count). The summed E-state index contributed by atoms with van der Waals surface area (Å²) in [5, 5.41) is 0. The van der Waals surface area contributed by atoms with Crippen molar-refractivity contribution in [3.8, 4) is 0 Å². The zero-order valence-electron chi connectivity index (χ0n) is 8.77. The van der Waals surface area contributed by atoms with E-state index in [2.05, 4.69) is 13.5 Å². The van der Waals surface area contributed by atoms with Crippen LogP contribution in [-0.2, 0) is 0 Å². The quantitative estimate of drug-likeness (QED) is 0.579. The van der Waals surface area contributed by atoms with Crippen molar-refractivity contribution in [1.29, 1.82) is 0 Å². The molecule has 14 heavy (non-hydrogen) atoms. The van der Waals surface area contributed by atoms with Crippen molar-refractivity contribution in [3.63, 3.8) is 0 Å². The average molecular weight is 231 g/mol. The van der Waals surface area contributed by atoms with E-state index in [9.17, 15) is 12.9 Å². The second kappa shape index (κ2) is 6.06. The maximum Gasteiger partial charge on any atom is 1.00 e. The number of rotatable bonds is 3. The second-order valence-electron chi connectivity index (χ2n) is 3.86. The Kier molecular flexibility index (Phi) is 6.57. The molecule has 1 saturated heterocycles. The van der Waals surface area contributed by atoms with Crippen LogP contribution < -0.4 is 51.4 Å². The molecular weight excluding hydrogens is 217 g/mol. The Labute approximate surface area is 126 Å². The Bertz CT molecular complexity index is 207. The zero-order valence-corrected chi connectivity index (χ0v) is 11.9. The van der Waals surface area contributed by atoms with Gasteiger partial charge in [0.1, 0.15) is 0 Å². The van der Waals surface area contributed by atoms with Gasteiger partial charge in [-0.2, -0.15) is 0 Å². The van der Waals surface area contributed by atoms with Gasteiger partial charge in [0, 0.05) is 6.54 Å². The topological polar surface area (TPSA) is 3.24 Å². The number of halogens is 3. The van der Waals surface area contributed by atoms with Crippen molar-refractivity contribution < 1.29 is 64.3 Å². The first-order chi connectivity index (χ1) is 5.89. The van der Waals surface area contributed by atoms with Crippen LogP contribution in [0, 0.1) is 5.92 Å². The van der Waals surface area contributed by atoms with Crippen molar-refractivity contribution in [3.05, 3.63) is 12.1 Å². The molecule has 1 aliphatic rings. The van der Waals surface area contributed by atoms with Crippen LogP contribution in [0.5, 0.6) is 0 Å². The summed E-state index contributed by atoms with van der Waals surface area (Å²) in [4.78, 5) is 1.82. The Morgan fingerprint density at radius 1 is 1.50 bits per heavy atom. The molecule has 0 N–H and O–H groups in total. The molecule has 1 atom stereocenters. The molecule has 1 aliphatic heterocycles. The molecular formula is C8H14BF3KN. The first-order valence-corrected chi connectivity index (χ1v) is 4.49. The SMILES string of the molecule is C=C(CN1CCC(C)C1)[B-](F)(F)F.[K+]. The van der Waals surface area contributed by atoms with E-state index in [1.807, 2.05) is 4.90 Å². The van der Waals surface area contributed by atoms with Crippen LogP contribution >= 0.6 is 0 Å². The van der Waals surface area contributed by atoms with Crippen LogP contribution in [-0.4, -0.2) is 31.5 Å². The molecule has 1 unspecified atom stereocenters. The number of likely N-dealkylation sites (tertiary alicyclic amines) is 1. The number of nitrogens with zero attached hydrogens (tertiary/aromatic N) is 1. The Hall–Kier alpha value is 1.19. The van der Waals surface area contributed by atoms with Gasteiger partial charge in [0.05, 0.1) is 0 Å². The summed E-state index contributed by atoms with van der Waals surface area (Å²) in [6.07, 6.45) is 0.998. The second-order valence-corrected chi connectivity index (χ2v) is 3.86. The molecule has 0 bridgehead atoms. The molecule has 0 aromatic carbocycles. The third-order valence-corrected chi connectivity index (χ3v) is 2.40. The maximum atomic E-state index is 12.1. The van der Waals surface area contributed by atoms with E-state index in [1.54, 1.807) is 0 Å². The Balaban J connectivity index is 0.00000169. The summed E-state index contributed by atoms with van der Waals surface area (Å²) in [6.45, 7) is 1.83.